The normalized spacial score (nSPS) is 10.1. The average molecular weight is 163 g/mol. The van der Waals surface area contributed by atoms with Gasteiger partial charge in [0.25, 0.3) is 0 Å². The number of hydrogen-bond acceptors (Lipinski definition) is 2. The fourth-order valence-corrected chi connectivity index (χ4v) is 0.998. The maximum absolute atomic E-state index is 12.4. The molecule has 2 rings (SSSR count). The summed E-state index contributed by atoms with van der Waals surface area (Å²) in [4.78, 5) is 0. The van der Waals surface area contributed by atoms with Gasteiger partial charge >= 0.3 is 6.01 Å². The molecule has 1 heterocycles. The molecule has 2 aromatic rings. The first-order valence-corrected chi connectivity index (χ1v) is 3.54. The van der Waals surface area contributed by atoms with Crippen molar-refractivity contribution in [2.45, 2.75) is 0 Å². The van der Waals surface area contributed by atoms with Crippen LogP contribution in [0.15, 0.2) is 40.9 Å². The molecule has 12 heavy (non-hydrogen) atoms. The molecule has 0 fully saturated rings. The summed E-state index contributed by atoms with van der Waals surface area (Å²) in [6.45, 7) is 0. The highest BCUT2D eigenvalue weighted by atomic mass is 19.1. The molecule has 60 valence electrons. The van der Waals surface area contributed by atoms with Gasteiger partial charge in [0.2, 0.25) is 0 Å². The van der Waals surface area contributed by atoms with Gasteiger partial charge in [0.15, 0.2) is 0 Å². The second-order valence-electron chi connectivity index (χ2n) is 2.38. The summed E-state index contributed by atoms with van der Waals surface area (Å²) in [5, 5.41) is 3.54. The molecule has 0 aliphatic rings. The third kappa shape index (κ3) is 1.21. The van der Waals surface area contributed by atoms with Crippen molar-refractivity contribution in [1.82, 2.24) is 5.16 Å². The molecule has 0 N–H and O–H groups in total. The molecule has 0 atom stereocenters. The molecule has 1 aromatic heterocycles. The summed E-state index contributed by atoms with van der Waals surface area (Å²) in [6, 6.07) is 9.90. The van der Waals surface area contributed by atoms with E-state index in [4.69, 9.17) is 0 Å². The zero-order valence-corrected chi connectivity index (χ0v) is 6.20. The molecule has 0 amide bonds. The van der Waals surface area contributed by atoms with E-state index in [1.165, 1.54) is 6.07 Å². The number of halogens is 1. The van der Waals surface area contributed by atoms with Crippen LogP contribution < -0.4 is 0 Å². The second kappa shape index (κ2) is 2.77. The number of rotatable bonds is 1. The largest absolute Gasteiger partial charge is 0.325 e. The Hall–Kier alpha value is -1.64. The van der Waals surface area contributed by atoms with E-state index in [-0.39, 0.29) is 0 Å². The van der Waals surface area contributed by atoms with Gasteiger partial charge in [-0.25, -0.2) is 0 Å². The minimum absolute atomic E-state index is 0.521. The SMILES string of the molecule is Fc1cc(-c2ccccc2)no1. The predicted octanol–water partition coefficient (Wildman–Crippen LogP) is 2.48. The molecule has 0 saturated heterocycles. The van der Waals surface area contributed by atoms with Crippen molar-refractivity contribution in [1.29, 1.82) is 0 Å². The van der Waals surface area contributed by atoms with Crippen LogP contribution >= 0.6 is 0 Å². The molecule has 1 aromatic carbocycles. The summed E-state index contributed by atoms with van der Waals surface area (Å²) in [5.74, 6) is 0. The minimum atomic E-state index is -0.658. The lowest BCUT2D eigenvalue weighted by atomic mass is 10.2. The Morgan fingerprint density at radius 1 is 1.17 bits per heavy atom. The third-order valence-corrected chi connectivity index (χ3v) is 1.55. The zero-order chi connectivity index (χ0) is 8.39. The third-order valence-electron chi connectivity index (χ3n) is 1.55. The van der Waals surface area contributed by atoms with E-state index in [1.807, 2.05) is 30.3 Å². The predicted molar refractivity (Wildman–Crippen MR) is 41.9 cm³/mol. The lowest BCUT2D eigenvalue weighted by Crippen LogP contribution is -1.73. The van der Waals surface area contributed by atoms with Crippen molar-refractivity contribution in [2.24, 2.45) is 0 Å². The van der Waals surface area contributed by atoms with Crippen molar-refractivity contribution in [3.8, 4) is 11.3 Å². The van der Waals surface area contributed by atoms with Crippen molar-refractivity contribution in [2.75, 3.05) is 0 Å². The van der Waals surface area contributed by atoms with Crippen LogP contribution in [-0.4, -0.2) is 5.16 Å². The number of nitrogens with zero attached hydrogens (tertiary/aromatic N) is 1. The first-order valence-electron chi connectivity index (χ1n) is 3.54. The highest BCUT2D eigenvalue weighted by molar-refractivity contribution is 5.57. The van der Waals surface area contributed by atoms with E-state index in [0.717, 1.165) is 5.56 Å². The molecule has 0 aliphatic carbocycles. The van der Waals surface area contributed by atoms with Crippen LogP contribution in [0.5, 0.6) is 0 Å². The van der Waals surface area contributed by atoms with Crippen LogP contribution in [0.2, 0.25) is 0 Å². The van der Waals surface area contributed by atoms with Crippen LogP contribution in [0.3, 0.4) is 0 Å². The van der Waals surface area contributed by atoms with Crippen LogP contribution in [-0.2, 0) is 0 Å². The monoisotopic (exact) mass is 163 g/mol. The van der Waals surface area contributed by atoms with Crippen LogP contribution in [0.25, 0.3) is 11.3 Å². The summed E-state index contributed by atoms with van der Waals surface area (Å²) in [6.07, 6.45) is 0. The molecule has 0 unspecified atom stereocenters. The van der Waals surface area contributed by atoms with Crippen molar-refractivity contribution in [3.63, 3.8) is 0 Å². The molecular weight excluding hydrogens is 157 g/mol. The maximum atomic E-state index is 12.4. The smallest absolute Gasteiger partial charge is 0.306 e. The fraction of sp³-hybridized carbons (Fsp3) is 0. The Kier molecular flexibility index (Phi) is 1.63. The van der Waals surface area contributed by atoms with Gasteiger partial charge in [-0.3, -0.25) is 0 Å². The van der Waals surface area contributed by atoms with Gasteiger partial charge in [0, 0.05) is 11.6 Å². The Bertz CT molecular complexity index is 369. The highest BCUT2D eigenvalue weighted by Gasteiger charge is 2.03. The second-order valence-corrected chi connectivity index (χ2v) is 2.38. The number of hydrogen-bond donors (Lipinski definition) is 0. The quantitative estimate of drug-likeness (QED) is 0.645. The molecule has 0 bridgehead atoms. The van der Waals surface area contributed by atoms with Crippen molar-refractivity contribution < 1.29 is 8.91 Å². The Balaban J connectivity index is 2.45. The number of benzene rings is 1. The standard InChI is InChI=1S/C9H6FNO/c10-9-6-8(11-12-9)7-4-2-1-3-5-7/h1-6H. The van der Waals surface area contributed by atoms with Gasteiger partial charge < -0.3 is 4.52 Å². The van der Waals surface area contributed by atoms with E-state index in [2.05, 4.69) is 9.68 Å². The molecule has 0 saturated carbocycles. The molecule has 0 radical (unpaired) electrons. The van der Waals surface area contributed by atoms with Gasteiger partial charge in [0.05, 0.1) is 0 Å². The summed E-state index contributed by atoms with van der Waals surface area (Å²) in [5.41, 5.74) is 1.37. The zero-order valence-electron chi connectivity index (χ0n) is 6.20. The van der Waals surface area contributed by atoms with E-state index in [1.54, 1.807) is 0 Å². The highest BCUT2D eigenvalue weighted by Crippen LogP contribution is 2.17. The fourth-order valence-electron chi connectivity index (χ4n) is 0.998. The molecule has 0 spiro atoms. The van der Waals surface area contributed by atoms with Crippen molar-refractivity contribution >= 4 is 0 Å². The lowest BCUT2D eigenvalue weighted by molar-refractivity contribution is 0.283. The first-order chi connectivity index (χ1) is 5.86. The topological polar surface area (TPSA) is 26.0 Å². The Labute approximate surface area is 68.6 Å². The summed E-state index contributed by atoms with van der Waals surface area (Å²) < 4.78 is 16.7. The first kappa shape index (κ1) is 7.03. The summed E-state index contributed by atoms with van der Waals surface area (Å²) >= 11 is 0. The van der Waals surface area contributed by atoms with Crippen LogP contribution in [0.4, 0.5) is 4.39 Å². The lowest BCUT2D eigenvalue weighted by Gasteiger charge is -1.90. The van der Waals surface area contributed by atoms with E-state index in [9.17, 15) is 4.39 Å². The molecule has 2 nitrogen and oxygen atoms in total. The Morgan fingerprint density at radius 3 is 2.50 bits per heavy atom. The van der Waals surface area contributed by atoms with Gasteiger partial charge in [0.1, 0.15) is 5.69 Å². The maximum Gasteiger partial charge on any atom is 0.306 e. The number of aromatic nitrogens is 1. The van der Waals surface area contributed by atoms with Crippen LogP contribution in [0, 0.1) is 6.01 Å². The van der Waals surface area contributed by atoms with Gasteiger partial charge in [-0.15, -0.1) is 0 Å². The minimum Gasteiger partial charge on any atom is -0.325 e. The van der Waals surface area contributed by atoms with E-state index in [0.29, 0.717) is 5.69 Å². The summed E-state index contributed by atoms with van der Waals surface area (Å²) in [7, 11) is 0. The van der Waals surface area contributed by atoms with Gasteiger partial charge in [-0.2, -0.15) is 4.39 Å². The van der Waals surface area contributed by atoms with Crippen LogP contribution in [0.1, 0.15) is 0 Å². The average Bonchev–Trinajstić information content (AvgIpc) is 2.54. The molecule has 0 aliphatic heterocycles. The molecule has 3 heteroatoms. The van der Waals surface area contributed by atoms with Gasteiger partial charge in [-0.05, 0) is 0 Å². The Morgan fingerprint density at radius 2 is 1.92 bits per heavy atom. The van der Waals surface area contributed by atoms with E-state index >= 15 is 0 Å². The van der Waals surface area contributed by atoms with Crippen molar-refractivity contribution in [3.05, 3.63) is 42.4 Å². The molecular formula is C9H6FNO. The van der Waals surface area contributed by atoms with Gasteiger partial charge in [-0.1, -0.05) is 35.5 Å². The van der Waals surface area contributed by atoms with E-state index < -0.39 is 6.01 Å².